The van der Waals surface area contributed by atoms with E-state index in [-0.39, 0.29) is 5.97 Å². The normalized spacial score (nSPS) is 19.2. The lowest BCUT2D eigenvalue weighted by Crippen LogP contribution is -2.01. The summed E-state index contributed by atoms with van der Waals surface area (Å²) in [7, 11) is 1.36. The minimum atomic E-state index is -0.377. The largest absolute Gasteiger partial charge is 0.465 e. The van der Waals surface area contributed by atoms with Crippen molar-refractivity contribution in [3.63, 3.8) is 0 Å². The molecule has 1 aliphatic carbocycles. The van der Waals surface area contributed by atoms with Crippen molar-refractivity contribution in [2.75, 3.05) is 7.11 Å². The maximum absolute atomic E-state index is 11.6. The first-order valence-corrected chi connectivity index (χ1v) is 8.58. The monoisotopic (exact) mass is 355 g/mol. The predicted octanol–water partition coefficient (Wildman–Crippen LogP) is 4.06. The van der Waals surface area contributed by atoms with Crippen LogP contribution < -0.4 is 0 Å². The first-order valence-electron chi connectivity index (χ1n) is 8.20. The van der Waals surface area contributed by atoms with Crippen LogP contribution in [0.25, 0.3) is 5.52 Å². The van der Waals surface area contributed by atoms with Gasteiger partial charge in [0.15, 0.2) is 0 Å². The van der Waals surface area contributed by atoms with Crippen LogP contribution in [0.2, 0.25) is 5.02 Å². The molecule has 2 unspecified atom stereocenters. The van der Waals surface area contributed by atoms with Crippen molar-refractivity contribution in [3.8, 4) is 0 Å². The Morgan fingerprint density at radius 3 is 2.76 bits per heavy atom. The van der Waals surface area contributed by atoms with Crippen molar-refractivity contribution < 1.29 is 9.53 Å². The standard InChI is InChI=1S/C19H18ClN3O2/c1-10-4-7-17-18(21-11(2)23(17)22-10)15-9-14(15)13-6-5-12(8-16(13)20)19(24)25-3/h4-8,14-15H,9H2,1-3H3. The van der Waals surface area contributed by atoms with Crippen LogP contribution in [0.5, 0.6) is 0 Å². The van der Waals surface area contributed by atoms with Gasteiger partial charge in [-0.2, -0.15) is 5.10 Å². The molecule has 25 heavy (non-hydrogen) atoms. The molecule has 2 atom stereocenters. The molecule has 2 aromatic heterocycles. The smallest absolute Gasteiger partial charge is 0.337 e. The molecule has 0 N–H and O–H groups in total. The lowest BCUT2D eigenvalue weighted by molar-refractivity contribution is 0.0600. The first kappa shape index (κ1) is 16.1. The number of halogens is 1. The molecule has 5 nitrogen and oxygen atoms in total. The van der Waals surface area contributed by atoms with Crippen molar-refractivity contribution in [2.45, 2.75) is 32.1 Å². The van der Waals surface area contributed by atoms with Gasteiger partial charge in [-0.15, -0.1) is 0 Å². The molecule has 1 saturated carbocycles. The highest BCUT2D eigenvalue weighted by Crippen LogP contribution is 2.56. The molecule has 0 bridgehead atoms. The van der Waals surface area contributed by atoms with E-state index in [2.05, 4.69) is 11.2 Å². The molecule has 0 aliphatic heterocycles. The molecule has 4 rings (SSSR count). The fourth-order valence-corrected chi connectivity index (χ4v) is 3.74. The molecule has 0 amide bonds. The van der Waals surface area contributed by atoms with Crippen LogP contribution in [0, 0.1) is 13.8 Å². The van der Waals surface area contributed by atoms with Crippen LogP contribution >= 0.6 is 11.6 Å². The Balaban J connectivity index is 1.66. The van der Waals surface area contributed by atoms with Crippen molar-refractivity contribution in [3.05, 3.63) is 63.7 Å². The number of imidazole rings is 1. The number of ether oxygens (including phenoxy) is 1. The lowest BCUT2D eigenvalue weighted by atomic mass is 10.1. The van der Waals surface area contributed by atoms with E-state index in [1.807, 2.05) is 30.5 Å². The number of nitrogens with zero attached hydrogens (tertiary/aromatic N) is 3. The van der Waals surface area contributed by atoms with Gasteiger partial charge in [-0.25, -0.2) is 14.3 Å². The third-order valence-corrected chi connectivity index (χ3v) is 5.11. The Kier molecular flexibility index (Phi) is 3.76. The highest BCUT2D eigenvalue weighted by Gasteiger charge is 2.43. The van der Waals surface area contributed by atoms with Crippen LogP contribution in [0.3, 0.4) is 0 Å². The average Bonchev–Trinajstić information content (AvgIpc) is 3.32. The Hall–Kier alpha value is -2.40. The Labute approximate surface area is 150 Å². The summed E-state index contributed by atoms with van der Waals surface area (Å²) < 4.78 is 6.65. The number of rotatable bonds is 3. The van der Waals surface area contributed by atoms with Crippen molar-refractivity contribution in [2.24, 2.45) is 0 Å². The highest BCUT2D eigenvalue weighted by molar-refractivity contribution is 6.31. The molecule has 0 spiro atoms. The van der Waals surface area contributed by atoms with Crippen LogP contribution in [-0.2, 0) is 4.74 Å². The van der Waals surface area contributed by atoms with E-state index in [1.54, 1.807) is 12.1 Å². The summed E-state index contributed by atoms with van der Waals surface area (Å²) in [5, 5.41) is 5.14. The van der Waals surface area contributed by atoms with Gasteiger partial charge in [0.1, 0.15) is 5.82 Å². The number of esters is 1. The number of aromatic nitrogens is 3. The summed E-state index contributed by atoms with van der Waals surface area (Å²) in [5.74, 6) is 1.16. The van der Waals surface area contributed by atoms with Crippen molar-refractivity contribution in [1.29, 1.82) is 0 Å². The van der Waals surface area contributed by atoms with Gasteiger partial charge >= 0.3 is 5.97 Å². The minimum Gasteiger partial charge on any atom is -0.465 e. The van der Waals surface area contributed by atoms with E-state index < -0.39 is 0 Å². The summed E-state index contributed by atoms with van der Waals surface area (Å²) in [5.41, 5.74) is 4.61. The second-order valence-corrected chi connectivity index (χ2v) is 6.90. The number of benzene rings is 1. The third kappa shape index (κ3) is 2.68. The van der Waals surface area contributed by atoms with Gasteiger partial charge in [0.2, 0.25) is 0 Å². The van der Waals surface area contributed by atoms with Gasteiger partial charge in [-0.3, -0.25) is 0 Å². The first-order chi connectivity index (χ1) is 12.0. The van der Waals surface area contributed by atoms with Gasteiger partial charge in [0.05, 0.1) is 29.6 Å². The number of aryl methyl sites for hydroxylation is 2. The summed E-state index contributed by atoms with van der Waals surface area (Å²) >= 11 is 6.42. The van der Waals surface area contributed by atoms with E-state index in [0.29, 0.717) is 22.4 Å². The van der Waals surface area contributed by atoms with Crippen molar-refractivity contribution in [1.82, 2.24) is 14.6 Å². The second-order valence-electron chi connectivity index (χ2n) is 6.49. The van der Waals surface area contributed by atoms with Gasteiger partial charge in [0.25, 0.3) is 0 Å². The summed E-state index contributed by atoms with van der Waals surface area (Å²) in [6.07, 6.45) is 0.997. The number of hydrogen-bond donors (Lipinski definition) is 0. The Morgan fingerprint density at radius 1 is 1.24 bits per heavy atom. The molecule has 1 aromatic carbocycles. The van der Waals surface area contributed by atoms with E-state index in [4.69, 9.17) is 21.3 Å². The SMILES string of the molecule is COC(=O)c1ccc(C2CC2c2nc(C)n3nc(C)ccc23)c(Cl)c1. The Morgan fingerprint density at radius 2 is 2.04 bits per heavy atom. The van der Waals surface area contributed by atoms with Gasteiger partial charge < -0.3 is 4.74 Å². The molecule has 128 valence electrons. The van der Waals surface area contributed by atoms with E-state index in [0.717, 1.165) is 34.7 Å². The summed E-state index contributed by atoms with van der Waals surface area (Å²) in [6.45, 7) is 3.94. The third-order valence-electron chi connectivity index (χ3n) is 4.78. The highest BCUT2D eigenvalue weighted by atomic mass is 35.5. The van der Waals surface area contributed by atoms with Crippen LogP contribution in [-0.4, -0.2) is 27.7 Å². The molecular formula is C19H18ClN3O2. The number of hydrogen-bond acceptors (Lipinski definition) is 4. The molecule has 0 radical (unpaired) electrons. The van der Waals surface area contributed by atoms with E-state index >= 15 is 0 Å². The molecule has 3 aromatic rings. The van der Waals surface area contributed by atoms with Crippen LogP contribution in [0.4, 0.5) is 0 Å². The zero-order valence-electron chi connectivity index (χ0n) is 14.3. The van der Waals surface area contributed by atoms with E-state index in [9.17, 15) is 4.79 Å². The minimum absolute atomic E-state index is 0.318. The van der Waals surface area contributed by atoms with Crippen molar-refractivity contribution >= 4 is 23.1 Å². The maximum Gasteiger partial charge on any atom is 0.337 e. The number of methoxy groups -OCH3 is 1. The average molecular weight is 356 g/mol. The molecule has 6 heteroatoms. The number of fused-ring (bicyclic) bond motifs is 1. The maximum atomic E-state index is 11.6. The zero-order chi connectivity index (χ0) is 17.7. The Bertz CT molecular complexity index is 996. The van der Waals surface area contributed by atoms with Gasteiger partial charge in [-0.1, -0.05) is 17.7 Å². The quantitative estimate of drug-likeness (QED) is 0.665. The topological polar surface area (TPSA) is 56.5 Å². The zero-order valence-corrected chi connectivity index (χ0v) is 15.0. The predicted molar refractivity (Wildman–Crippen MR) is 95.4 cm³/mol. The van der Waals surface area contributed by atoms with Crippen LogP contribution in [0.15, 0.2) is 30.3 Å². The number of carbonyl (C=O) groups is 1. The molecular weight excluding hydrogens is 338 g/mol. The fourth-order valence-electron chi connectivity index (χ4n) is 3.42. The molecule has 1 fully saturated rings. The van der Waals surface area contributed by atoms with Gasteiger partial charge in [0, 0.05) is 10.9 Å². The molecule has 2 heterocycles. The summed E-state index contributed by atoms with van der Waals surface area (Å²) in [6, 6.07) is 9.46. The molecule has 1 aliphatic rings. The lowest BCUT2D eigenvalue weighted by Gasteiger charge is -2.06. The fraction of sp³-hybridized carbons (Fsp3) is 0.316. The van der Waals surface area contributed by atoms with Crippen LogP contribution in [0.1, 0.15) is 51.4 Å². The second kappa shape index (κ2) is 5.85. The summed E-state index contributed by atoms with van der Waals surface area (Å²) in [4.78, 5) is 16.4. The van der Waals surface area contributed by atoms with Gasteiger partial charge in [-0.05, 0) is 56.0 Å². The molecule has 0 saturated heterocycles. The number of carbonyl (C=O) groups excluding carboxylic acids is 1. The van der Waals surface area contributed by atoms with E-state index in [1.165, 1.54) is 7.11 Å².